The number of carbonyl (C=O) groups is 4. The molecule has 1 aromatic carbocycles. The fourth-order valence-corrected chi connectivity index (χ4v) is 5.85. The zero-order chi connectivity index (χ0) is 22.4. The summed E-state index contributed by atoms with van der Waals surface area (Å²) in [4.78, 5) is 52.5. The number of benzene rings is 1. The highest BCUT2D eigenvalue weighted by atomic mass is 16.5. The van der Waals surface area contributed by atoms with Gasteiger partial charge < -0.3 is 10.1 Å². The van der Waals surface area contributed by atoms with Gasteiger partial charge >= 0.3 is 5.97 Å². The van der Waals surface area contributed by atoms with Crippen LogP contribution in [0.1, 0.15) is 44.2 Å². The molecule has 1 N–H and O–H groups in total. The molecule has 2 aliphatic carbocycles. The Hall–Kier alpha value is -2.70. The number of anilines is 1. The summed E-state index contributed by atoms with van der Waals surface area (Å²) in [5.41, 5.74) is 2.66. The van der Waals surface area contributed by atoms with Gasteiger partial charge in [-0.3, -0.25) is 19.3 Å². The molecular formula is C24H30N2O5. The van der Waals surface area contributed by atoms with Crippen molar-refractivity contribution in [1.29, 1.82) is 0 Å². The average Bonchev–Trinajstić information content (AvgIpc) is 3.35. The van der Waals surface area contributed by atoms with E-state index >= 15 is 0 Å². The van der Waals surface area contributed by atoms with Crippen molar-refractivity contribution in [2.24, 2.45) is 29.6 Å². The smallest absolute Gasteiger partial charge is 0.330 e. The number of carbonyl (C=O) groups excluding carboxylic acids is 4. The average molecular weight is 427 g/mol. The van der Waals surface area contributed by atoms with Gasteiger partial charge in [0, 0.05) is 5.69 Å². The molecule has 7 heteroatoms. The lowest BCUT2D eigenvalue weighted by atomic mass is 9.81. The summed E-state index contributed by atoms with van der Waals surface area (Å²) in [7, 11) is 0. The fourth-order valence-electron chi connectivity index (χ4n) is 5.85. The molecule has 5 atom stereocenters. The number of aryl methyl sites for hydroxylation is 2. The Balaban J connectivity index is 1.42. The molecule has 31 heavy (non-hydrogen) atoms. The monoisotopic (exact) mass is 426 g/mol. The Labute approximate surface area is 182 Å². The quantitative estimate of drug-likeness (QED) is 0.558. The van der Waals surface area contributed by atoms with Gasteiger partial charge in [-0.1, -0.05) is 19.9 Å². The van der Waals surface area contributed by atoms with Crippen LogP contribution in [0.2, 0.25) is 0 Å². The van der Waals surface area contributed by atoms with Crippen LogP contribution < -0.4 is 5.32 Å². The van der Waals surface area contributed by atoms with Gasteiger partial charge in [-0.05, 0) is 74.1 Å². The molecule has 0 spiro atoms. The second-order valence-corrected chi connectivity index (χ2v) is 9.65. The van der Waals surface area contributed by atoms with Gasteiger partial charge in [0.1, 0.15) is 6.04 Å². The van der Waals surface area contributed by atoms with E-state index in [9.17, 15) is 19.2 Å². The van der Waals surface area contributed by atoms with Gasteiger partial charge in [0.05, 0.1) is 11.8 Å². The molecule has 1 aromatic rings. The van der Waals surface area contributed by atoms with Crippen LogP contribution in [-0.4, -0.2) is 41.2 Å². The van der Waals surface area contributed by atoms with Gasteiger partial charge in [-0.2, -0.15) is 0 Å². The van der Waals surface area contributed by atoms with Crippen LogP contribution in [0.25, 0.3) is 0 Å². The Morgan fingerprint density at radius 2 is 1.58 bits per heavy atom. The topological polar surface area (TPSA) is 92.8 Å². The number of amides is 3. The predicted octanol–water partition coefficient (Wildman–Crippen LogP) is 2.84. The first-order chi connectivity index (χ1) is 14.7. The SMILES string of the molecule is Cc1cc(C)cc(NC(=O)COC(=O)[C@H](C(C)C)N2C(=O)[C@@H]3[C@H]4CC[C@@H](C4)[C@H]3C2=O)c1. The summed E-state index contributed by atoms with van der Waals surface area (Å²) >= 11 is 0. The van der Waals surface area contributed by atoms with Crippen molar-refractivity contribution >= 4 is 29.4 Å². The maximum Gasteiger partial charge on any atom is 0.330 e. The summed E-state index contributed by atoms with van der Waals surface area (Å²) in [5.74, 6) is -2.02. The van der Waals surface area contributed by atoms with Crippen LogP contribution in [0, 0.1) is 43.4 Å². The fraction of sp³-hybridized carbons (Fsp3) is 0.583. The van der Waals surface area contributed by atoms with E-state index < -0.39 is 24.5 Å². The second kappa shape index (κ2) is 8.09. The molecule has 3 aliphatic rings. The maximum atomic E-state index is 13.1. The minimum atomic E-state index is -1.00. The van der Waals surface area contributed by atoms with Crippen molar-refractivity contribution in [3.63, 3.8) is 0 Å². The van der Waals surface area contributed by atoms with E-state index in [-0.39, 0.29) is 41.4 Å². The molecule has 3 amide bonds. The van der Waals surface area contributed by atoms with E-state index in [1.54, 1.807) is 13.8 Å². The summed E-state index contributed by atoms with van der Waals surface area (Å²) < 4.78 is 5.26. The Morgan fingerprint density at radius 1 is 1.03 bits per heavy atom. The summed E-state index contributed by atoms with van der Waals surface area (Å²) in [6.45, 7) is 6.96. The Morgan fingerprint density at radius 3 is 2.10 bits per heavy atom. The predicted molar refractivity (Wildman–Crippen MR) is 114 cm³/mol. The van der Waals surface area contributed by atoms with Gasteiger partial charge in [0.15, 0.2) is 6.61 Å². The molecule has 0 radical (unpaired) electrons. The van der Waals surface area contributed by atoms with Crippen molar-refractivity contribution in [2.75, 3.05) is 11.9 Å². The number of ether oxygens (including phenoxy) is 1. The lowest BCUT2D eigenvalue weighted by Gasteiger charge is -2.28. The molecule has 0 aromatic heterocycles. The molecule has 1 saturated heterocycles. The molecular weight excluding hydrogens is 396 g/mol. The van der Waals surface area contributed by atoms with E-state index in [0.717, 1.165) is 35.3 Å². The molecule has 166 valence electrons. The molecule has 2 saturated carbocycles. The van der Waals surface area contributed by atoms with Gasteiger partial charge in [-0.25, -0.2) is 4.79 Å². The highest BCUT2D eigenvalue weighted by Crippen LogP contribution is 2.56. The first kappa shape index (κ1) is 21.5. The number of hydrogen-bond acceptors (Lipinski definition) is 5. The van der Waals surface area contributed by atoms with Crippen LogP contribution in [0.3, 0.4) is 0 Å². The van der Waals surface area contributed by atoms with E-state index in [1.807, 2.05) is 32.0 Å². The third-order valence-electron chi connectivity index (χ3n) is 6.96. The maximum absolute atomic E-state index is 13.1. The highest BCUT2D eigenvalue weighted by molar-refractivity contribution is 6.08. The van der Waals surface area contributed by atoms with Crippen LogP contribution in [0.5, 0.6) is 0 Å². The summed E-state index contributed by atoms with van der Waals surface area (Å²) in [5, 5.41) is 2.72. The van der Waals surface area contributed by atoms with E-state index in [1.165, 1.54) is 0 Å². The number of imide groups is 1. The summed E-state index contributed by atoms with van der Waals surface area (Å²) in [6, 6.07) is 4.66. The van der Waals surface area contributed by atoms with E-state index in [2.05, 4.69) is 5.32 Å². The number of hydrogen-bond donors (Lipinski definition) is 1. The zero-order valence-corrected chi connectivity index (χ0v) is 18.5. The van der Waals surface area contributed by atoms with Crippen LogP contribution in [0.15, 0.2) is 18.2 Å². The van der Waals surface area contributed by atoms with Crippen molar-refractivity contribution in [1.82, 2.24) is 4.90 Å². The number of fused-ring (bicyclic) bond motifs is 5. The number of nitrogens with zero attached hydrogens (tertiary/aromatic N) is 1. The molecule has 3 fully saturated rings. The van der Waals surface area contributed by atoms with Crippen molar-refractivity contribution < 1.29 is 23.9 Å². The number of nitrogens with one attached hydrogen (secondary N) is 1. The normalized spacial score (nSPS) is 27.6. The van der Waals surface area contributed by atoms with Gasteiger partial charge in [0.2, 0.25) is 11.8 Å². The van der Waals surface area contributed by atoms with Crippen molar-refractivity contribution in [2.45, 2.75) is 53.0 Å². The molecule has 0 unspecified atom stereocenters. The van der Waals surface area contributed by atoms with Crippen LogP contribution >= 0.6 is 0 Å². The first-order valence-electron chi connectivity index (χ1n) is 11.1. The number of esters is 1. The largest absolute Gasteiger partial charge is 0.454 e. The third-order valence-corrected chi connectivity index (χ3v) is 6.96. The standard InChI is InChI=1S/C24H30N2O5/c1-12(2)21(26-22(28)19-15-5-6-16(10-15)20(19)23(26)29)24(30)31-11-18(27)25-17-8-13(3)7-14(4)9-17/h7-9,12,15-16,19-21H,5-6,10-11H2,1-4H3,(H,25,27)/t15-,16-,19+,20+,21-/m0/s1. The van der Waals surface area contributed by atoms with Crippen molar-refractivity contribution in [3.05, 3.63) is 29.3 Å². The van der Waals surface area contributed by atoms with Crippen LogP contribution in [0.4, 0.5) is 5.69 Å². The van der Waals surface area contributed by atoms with Crippen molar-refractivity contribution in [3.8, 4) is 0 Å². The lowest BCUT2D eigenvalue weighted by Crippen LogP contribution is -2.50. The minimum absolute atomic E-state index is 0.238. The van der Waals surface area contributed by atoms with E-state index in [0.29, 0.717) is 5.69 Å². The first-order valence-corrected chi connectivity index (χ1v) is 11.1. The van der Waals surface area contributed by atoms with Crippen LogP contribution in [-0.2, 0) is 23.9 Å². The molecule has 2 bridgehead atoms. The highest BCUT2D eigenvalue weighted by Gasteiger charge is 2.62. The van der Waals surface area contributed by atoms with Gasteiger partial charge in [0.25, 0.3) is 5.91 Å². The minimum Gasteiger partial charge on any atom is -0.454 e. The Bertz CT molecular complexity index is 892. The third kappa shape index (κ3) is 3.86. The number of rotatable bonds is 6. The number of likely N-dealkylation sites (tertiary alicyclic amines) is 1. The lowest BCUT2D eigenvalue weighted by molar-refractivity contribution is -0.162. The molecule has 4 rings (SSSR count). The molecule has 1 heterocycles. The van der Waals surface area contributed by atoms with E-state index in [4.69, 9.17) is 4.74 Å². The summed E-state index contributed by atoms with van der Waals surface area (Å²) in [6.07, 6.45) is 2.90. The Kier molecular flexibility index (Phi) is 5.62. The zero-order valence-electron chi connectivity index (χ0n) is 18.5. The van der Waals surface area contributed by atoms with Gasteiger partial charge in [-0.15, -0.1) is 0 Å². The molecule has 1 aliphatic heterocycles. The molecule has 7 nitrogen and oxygen atoms in total. The second-order valence-electron chi connectivity index (χ2n) is 9.65.